The first-order valence-electron chi connectivity index (χ1n) is 21.9. The molecule has 0 unspecified atom stereocenters. The van der Waals surface area contributed by atoms with Gasteiger partial charge in [-0.1, -0.05) is 120 Å². The van der Waals surface area contributed by atoms with Crippen LogP contribution in [0.5, 0.6) is 0 Å². The van der Waals surface area contributed by atoms with Gasteiger partial charge in [0.05, 0.1) is 56.2 Å². The molecule has 0 fully saturated rings. The van der Waals surface area contributed by atoms with Crippen LogP contribution >= 0.6 is 0 Å². The molecule has 11 rings (SSSR count). The van der Waals surface area contributed by atoms with Crippen molar-refractivity contribution in [2.75, 3.05) is 0 Å². The van der Waals surface area contributed by atoms with E-state index < -0.39 is 23.5 Å². The highest BCUT2D eigenvalue weighted by molar-refractivity contribution is 6.13. The van der Waals surface area contributed by atoms with Gasteiger partial charge in [-0.2, -0.15) is 31.6 Å². The van der Waals surface area contributed by atoms with Crippen LogP contribution in [0.25, 0.3) is 99.5 Å². The summed E-state index contributed by atoms with van der Waals surface area (Å²) in [4.78, 5) is 0. The van der Waals surface area contributed by atoms with Crippen molar-refractivity contribution < 1.29 is 26.3 Å². The number of aryl methyl sites for hydroxylation is 2. The summed E-state index contributed by atoms with van der Waals surface area (Å²) in [7, 11) is 0. The maximum Gasteiger partial charge on any atom is 0.416 e. The topological polar surface area (TPSA) is 33.6 Å². The van der Waals surface area contributed by atoms with Gasteiger partial charge in [-0.25, -0.2) is 0 Å². The second-order valence-corrected chi connectivity index (χ2v) is 17.3. The number of benzene rings is 9. The lowest BCUT2D eigenvalue weighted by Crippen LogP contribution is -2.11. The van der Waals surface area contributed by atoms with Gasteiger partial charge in [-0.15, -0.1) is 0 Å². The Balaban J connectivity index is 1.23. The quantitative estimate of drug-likeness (QED) is 0.153. The molecule has 0 atom stereocenters. The molecule has 0 saturated heterocycles. The Bertz CT molecular complexity index is 3850. The van der Waals surface area contributed by atoms with Crippen LogP contribution in [0.3, 0.4) is 0 Å². The van der Waals surface area contributed by atoms with E-state index >= 15 is 0 Å². The zero-order chi connectivity index (χ0) is 47.1. The van der Waals surface area contributed by atoms with E-state index in [1.54, 1.807) is 30.3 Å². The summed E-state index contributed by atoms with van der Waals surface area (Å²) in [5, 5.41) is 14.2. The van der Waals surface area contributed by atoms with Crippen molar-refractivity contribution in [2.45, 2.75) is 26.2 Å². The van der Waals surface area contributed by atoms with Crippen LogP contribution in [0, 0.1) is 25.2 Å². The zero-order valence-corrected chi connectivity index (χ0v) is 36.5. The molecule has 68 heavy (non-hydrogen) atoms. The first-order chi connectivity index (χ1) is 32.7. The normalized spacial score (nSPS) is 12.1. The number of nitriles is 1. The van der Waals surface area contributed by atoms with Crippen molar-refractivity contribution in [1.29, 1.82) is 5.26 Å². The number of hydrogen-bond donors (Lipinski definition) is 0. The number of aromatic nitrogens is 2. The minimum atomic E-state index is -5.05. The Labute approximate surface area is 387 Å². The van der Waals surface area contributed by atoms with E-state index in [0.29, 0.717) is 28.1 Å². The summed E-state index contributed by atoms with van der Waals surface area (Å²) in [6.07, 6.45) is -10.1. The molecule has 0 aliphatic carbocycles. The van der Waals surface area contributed by atoms with Gasteiger partial charge in [-0.3, -0.25) is 0 Å². The summed E-state index contributed by atoms with van der Waals surface area (Å²) in [6.45, 7) is 4.09. The molecule has 11 aromatic rings. The number of alkyl halides is 6. The van der Waals surface area contributed by atoms with Crippen molar-refractivity contribution in [3.63, 3.8) is 0 Å². The Morgan fingerprint density at radius 3 is 1.35 bits per heavy atom. The van der Waals surface area contributed by atoms with Gasteiger partial charge < -0.3 is 9.13 Å². The Morgan fingerprint density at radius 2 is 0.838 bits per heavy atom. The van der Waals surface area contributed by atoms with E-state index in [4.69, 9.17) is 0 Å². The van der Waals surface area contributed by atoms with Crippen LogP contribution in [0.2, 0.25) is 0 Å². The number of nitrogens with zero attached hydrogens (tertiary/aromatic N) is 3. The lowest BCUT2D eigenvalue weighted by atomic mass is 9.93. The highest BCUT2D eigenvalue weighted by Crippen LogP contribution is 2.45. The molecule has 9 heteroatoms. The fourth-order valence-corrected chi connectivity index (χ4v) is 9.74. The lowest BCUT2D eigenvalue weighted by molar-refractivity contribution is -0.143. The van der Waals surface area contributed by atoms with Gasteiger partial charge in [0.25, 0.3) is 0 Å². The molecule has 0 aliphatic rings. The molecule has 330 valence electrons. The van der Waals surface area contributed by atoms with E-state index in [2.05, 4.69) is 63.7 Å². The highest BCUT2D eigenvalue weighted by atomic mass is 19.4. The second-order valence-electron chi connectivity index (χ2n) is 17.3. The highest BCUT2D eigenvalue weighted by Gasteiger charge is 2.37. The Hall–Kier alpha value is -8.35. The van der Waals surface area contributed by atoms with Gasteiger partial charge in [0.1, 0.15) is 0 Å². The third-order valence-electron chi connectivity index (χ3n) is 12.9. The summed E-state index contributed by atoms with van der Waals surface area (Å²) >= 11 is 0. The molecule has 0 spiro atoms. The number of rotatable bonds is 6. The molecule has 0 amide bonds. The number of halogens is 6. The molecule has 9 aromatic carbocycles. The third kappa shape index (κ3) is 7.26. The van der Waals surface area contributed by atoms with Crippen molar-refractivity contribution in [2.24, 2.45) is 0 Å². The molecule has 3 nitrogen and oxygen atoms in total. The van der Waals surface area contributed by atoms with Crippen LogP contribution in [0.4, 0.5) is 26.3 Å². The molecule has 2 aromatic heterocycles. The molecule has 0 radical (unpaired) electrons. The van der Waals surface area contributed by atoms with E-state index in [1.165, 1.54) is 0 Å². The maximum atomic E-state index is 14.4. The molecule has 2 heterocycles. The van der Waals surface area contributed by atoms with E-state index in [9.17, 15) is 31.6 Å². The van der Waals surface area contributed by atoms with Gasteiger partial charge >= 0.3 is 12.4 Å². The molecule has 0 aliphatic heterocycles. The van der Waals surface area contributed by atoms with Crippen LogP contribution in [-0.4, -0.2) is 9.13 Å². The fourth-order valence-electron chi connectivity index (χ4n) is 9.74. The maximum absolute atomic E-state index is 14.4. The summed E-state index contributed by atoms with van der Waals surface area (Å²) < 4.78 is 90.4. The SMILES string of the molecule is Cc1cccc(-c2ccc3c(c2)c2ccccc2n3-c2ccc(-c3cc(C(F)(F)F)cc(C(F)(F)F)c3)cc2-c2ccc(C#N)cc2-n2c3ccccc3c3cc(-c4cccc(C)c4)ccc32)c1. The minimum absolute atomic E-state index is 0.142. The van der Waals surface area contributed by atoms with Crippen molar-refractivity contribution in [1.82, 2.24) is 9.13 Å². The van der Waals surface area contributed by atoms with Crippen molar-refractivity contribution >= 4 is 43.6 Å². The van der Waals surface area contributed by atoms with Crippen molar-refractivity contribution in [3.05, 3.63) is 216 Å². The standard InChI is InChI=1S/C59H37F6N3/c1-35-9-7-11-38(25-35)40-18-22-54-49(30-40)46-13-3-5-15-52(46)67(54)55-24-20-42(43-28-44(58(60,61)62)33-45(29-43)59(63,64)65)32-51(55)48-21-17-37(34-66)27-57(48)68-53-16-6-4-14-47(53)50-31-41(19-23-56(50)68)39-12-8-10-36(2)26-39/h3-33H,1-2H3. The van der Waals surface area contributed by atoms with E-state index in [0.717, 1.165) is 89.1 Å². The van der Waals surface area contributed by atoms with Crippen LogP contribution in [0.1, 0.15) is 27.8 Å². The Morgan fingerprint density at radius 1 is 0.368 bits per heavy atom. The number of hydrogen-bond acceptors (Lipinski definition) is 1. The Kier molecular flexibility index (Phi) is 9.90. The molecule has 0 saturated carbocycles. The molecular weight excluding hydrogens is 865 g/mol. The predicted octanol–water partition coefficient (Wildman–Crippen LogP) is 17.1. The first kappa shape index (κ1) is 42.3. The van der Waals surface area contributed by atoms with Gasteiger partial charge in [-0.05, 0) is 126 Å². The van der Waals surface area contributed by atoms with Crippen LogP contribution in [-0.2, 0) is 12.4 Å². The predicted molar refractivity (Wildman–Crippen MR) is 261 cm³/mol. The molecule has 0 bridgehead atoms. The average molecular weight is 902 g/mol. The van der Waals surface area contributed by atoms with E-state index in [1.807, 2.05) is 105 Å². The van der Waals surface area contributed by atoms with Gasteiger partial charge in [0.2, 0.25) is 0 Å². The van der Waals surface area contributed by atoms with Crippen LogP contribution in [0.15, 0.2) is 188 Å². The number of para-hydroxylation sites is 2. The summed E-state index contributed by atoms with van der Waals surface area (Å²) in [5.74, 6) is 0. The molecular formula is C59H37F6N3. The van der Waals surface area contributed by atoms with Crippen molar-refractivity contribution in [3.8, 4) is 62.0 Å². The van der Waals surface area contributed by atoms with Gasteiger partial charge in [0.15, 0.2) is 0 Å². The largest absolute Gasteiger partial charge is 0.416 e. The second kappa shape index (κ2) is 15.9. The summed E-state index contributed by atoms with van der Waals surface area (Å²) in [5.41, 5.74) is 9.49. The monoisotopic (exact) mass is 901 g/mol. The summed E-state index contributed by atoms with van der Waals surface area (Å²) in [6, 6.07) is 59.2. The fraction of sp³-hybridized carbons (Fsp3) is 0.0678. The molecule has 0 N–H and O–H groups in total. The minimum Gasteiger partial charge on any atom is -0.309 e. The average Bonchev–Trinajstić information content (AvgIpc) is 3.85. The lowest BCUT2D eigenvalue weighted by Gasteiger charge is -2.21. The smallest absolute Gasteiger partial charge is 0.309 e. The zero-order valence-electron chi connectivity index (χ0n) is 36.5. The van der Waals surface area contributed by atoms with Gasteiger partial charge in [0, 0.05) is 32.7 Å². The third-order valence-corrected chi connectivity index (χ3v) is 12.9. The number of fused-ring (bicyclic) bond motifs is 6. The van der Waals surface area contributed by atoms with Crippen LogP contribution < -0.4 is 0 Å². The van der Waals surface area contributed by atoms with E-state index in [-0.39, 0.29) is 17.2 Å². The first-order valence-corrected chi connectivity index (χ1v) is 21.9.